The second-order valence-electron chi connectivity index (χ2n) is 2.39. The molecule has 0 rings (SSSR count). The molecule has 4 nitrogen and oxygen atoms in total. The van der Waals surface area contributed by atoms with Gasteiger partial charge in [0, 0.05) is 0 Å². The van der Waals surface area contributed by atoms with E-state index in [-0.39, 0.29) is 41.4 Å². The molecule has 4 N–H and O–H groups in total. The molecule has 0 aliphatic carbocycles. The van der Waals surface area contributed by atoms with Crippen molar-refractivity contribution in [3.63, 3.8) is 0 Å². The van der Waals surface area contributed by atoms with Crippen molar-refractivity contribution < 1.29 is 20.4 Å². The summed E-state index contributed by atoms with van der Waals surface area (Å²) in [5, 5.41) is 35.9. The van der Waals surface area contributed by atoms with Gasteiger partial charge in [0.25, 0.3) is 0 Å². The normalized spacial score (nSPS) is 14.8. The van der Waals surface area contributed by atoms with Gasteiger partial charge >= 0.3 is 112 Å². The summed E-state index contributed by atoms with van der Waals surface area (Å²) < 4.78 is 2.32. The molecule has 0 aromatic rings. The minimum atomic E-state index is -0.299. The first-order valence-corrected chi connectivity index (χ1v) is 7.26. The number of hydrogen-bond donors (Lipinski definition) is 4. The third-order valence-electron chi connectivity index (χ3n) is 1.42. The van der Waals surface area contributed by atoms with E-state index in [4.69, 9.17) is 20.4 Å². The first kappa shape index (κ1) is 15.8. The predicted octanol–water partition coefficient (Wildman–Crippen LogP) is -0.127. The molecule has 0 atom stereocenters. The molecular formula is C8H12Br2O4Se. The number of hydrogen-bond acceptors (Lipinski definition) is 4. The van der Waals surface area contributed by atoms with Crippen LogP contribution in [-0.2, 0) is 0 Å². The van der Waals surface area contributed by atoms with Crippen LogP contribution in [0.15, 0.2) is 17.9 Å². The Morgan fingerprint density at radius 1 is 0.733 bits per heavy atom. The van der Waals surface area contributed by atoms with Gasteiger partial charge < -0.3 is 0 Å². The van der Waals surface area contributed by atoms with Crippen molar-refractivity contribution in [1.82, 2.24) is 0 Å². The molecule has 15 heavy (non-hydrogen) atoms. The SMILES string of the molecule is OC/C(Br)=C(\CO)[Se]/C(CO)=C(\Br)CO. The van der Waals surface area contributed by atoms with Crippen molar-refractivity contribution in [3.8, 4) is 0 Å². The van der Waals surface area contributed by atoms with Gasteiger partial charge in [0.05, 0.1) is 0 Å². The molecule has 0 aromatic heterocycles. The first-order valence-electron chi connectivity index (χ1n) is 3.97. The van der Waals surface area contributed by atoms with Crippen molar-refractivity contribution in [2.24, 2.45) is 0 Å². The Morgan fingerprint density at radius 2 is 1.07 bits per heavy atom. The summed E-state index contributed by atoms with van der Waals surface area (Å²) in [6.07, 6.45) is 0. The zero-order valence-electron chi connectivity index (χ0n) is 7.78. The van der Waals surface area contributed by atoms with Gasteiger partial charge in [-0.2, -0.15) is 0 Å². The fraction of sp³-hybridized carbons (Fsp3) is 0.500. The van der Waals surface area contributed by atoms with Gasteiger partial charge in [-0.15, -0.1) is 0 Å². The Balaban J connectivity index is 4.82. The Morgan fingerprint density at radius 3 is 1.27 bits per heavy atom. The van der Waals surface area contributed by atoms with Crippen LogP contribution in [0.4, 0.5) is 0 Å². The van der Waals surface area contributed by atoms with E-state index in [1.54, 1.807) is 0 Å². The summed E-state index contributed by atoms with van der Waals surface area (Å²) >= 11 is 5.97. The maximum absolute atomic E-state index is 9.06. The molecule has 0 aliphatic heterocycles. The summed E-state index contributed by atoms with van der Waals surface area (Å²) in [6, 6.07) is 0. The van der Waals surface area contributed by atoms with E-state index in [1.807, 2.05) is 0 Å². The molecular weight excluding hydrogens is 399 g/mol. The van der Waals surface area contributed by atoms with Gasteiger partial charge in [-0.1, -0.05) is 0 Å². The second-order valence-corrected chi connectivity index (χ2v) is 6.80. The summed E-state index contributed by atoms with van der Waals surface area (Å²) in [5.41, 5.74) is 0. The molecule has 7 heteroatoms. The van der Waals surface area contributed by atoms with E-state index in [0.717, 1.165) is 0 Å². The zero-order chi connectivity index (χ0) is 11.8. The first-order chi connectivity index (χ1) is 7.10. The Bertz CT molecular complexity index is 239. The van der Waals surface area contributed by atoms with Crippen molar-refractivity contribution in [2.45, 2.75) is 0 Å². The van der Waals surface area contributed by atoms with Crippen molar-refractivity contribution in [3.05, 3.63) is 17.9 Å². The molecule has 0 radical (unpaired) electrons. The summed E-state index contributed by atoms with van der Waals surface area (Å²) in [5.74, 6) is 0. The van der Waals surface area contributed by atoms with Crippen molar-refractivity contribution in [2.75, 3.05) is 26.4 Å². The molecule has 0 saturated heterocycles. The monoisotopic (exact) mass is 410 g/mol. The van der Waals surface area contributed by atoms with Crippen LogP contribution in [0.25, 0.3) is 0 Å². The van der Waals surface area contributed by atoms with Gasteiger partial charge in [0.2, 0.25) is 0 Å². The van der Waals surface area contributed by atoms with Crippen LogP contribution >= 0.6 is 31.9 Å². The molecule has 0 fully saturated rings. The molecule has 0 unspecified atom stereocenters. The average molecular weight is 411 g/mol. The average Bonchev–Trinajstić information content (AvgIpc) is 2.28. The Labute approximate surface area is 111 Å². The van der Waals surface area contributed by atoms with Crippen LogP contribution in [0.5, 0.6) is 0 Å². The number of halogens is 2. The Hall–Kier alpha value is 0.799. The fourth-order valence-corrected chi connectivity index (χ4v) is 3.39. The van der Waals surface area contributed by atoms with E-state index in [2.05, 4.69) is 31.9 Å². The summed E-state index contributed by atoms with van der Waals surface area (Å²) in [4.78, 5) is 0. The van der Waals surface area contributed by atoms with Gasteiger partial charge in [0.1, 0.15) is 0 Å². The van der Waals surface area contributed by atoms with Gasteiger partial charge in [-0.3, -0.25) is 0 Å². The molecule has 0 spiro atoms. The van der Waals surface area contributed by atoms with Crippen LogP contribution in [0.3, 0.4) is 0 Å². The van der Waals surface area contributed by atoms with Crippen molar-refractivity contribution >= 4 is 46.8 Å². The summed E-state index contributed by atoms with van der Waals surface area (Å²) in [6.45, 7) is -0.743. The third kappa shape index (κ3) is 5.60. The van der Waals surface area contributed by atoms with Crippen molar-refractivity contribution in [1.29, 1.82) is 0 Å². The van der Waals surface area contributed by atoms with E-state index < -0.39 is 0 Å². The van der Waals surface area contributed by atoms with Crippen LogP contribution in [0.2, 0.25) is 0 Å². The van der Waals surface area contributed by atoms with Gasteiger partial charge in [-0.25, -0.2) is 0 Å². The third-order valence-corrected chi connectivity index (χ3v) is 6.67. The standard InChI is InChI=1S/C8H12Br2O4Se/c9-5(1-11)7(3-13)15-8(4-14)6(10)2-12/h11-14H,1-4H2/b7-5-,8-6-. The van der Waals surface area contributed by atoms with E-state index >= 15 is 0 Å². The summed E-state index contributed by atoms with van der Waals surface area (Å²) in [7, 11) is 0. The molecule has 0 aromatic carbocycles. The number of aliphatic hydroxyl groups is 4. The maximum atomic E-state index is 9.06. The quantitative estimate of drug-likeness (QED) is 0.460. The van der Waals surface area contributed by atoms with Crippen LogP contribution in [0, 0.1) is 0 Å². The Kier molecular flexibility index (Phi) is 9.37. The van der Waals surface area contributed by atoms with Crippen LogP contribution in [0.1, 0.15) is 0 Å². The predicted molar refractivity (Wildman–Crippen MR) is 66.0 cm³/mol. The molecule has 88 valence electrons. The zero-order valence-corrected chi connectivity index (χ0v) is 12.7. The van der Waals surface area contributed by atoms with Crippen LogP contribution < -0.4 is 0 Å². The van der Waals surface area contributed by atoms with E-state index in [9.17, 15) is 0 Å². The topological polar surface area (TPSA) is 80.9 Å². The molecule has 0 heterocycles. The number of aliphatic hydroxyl groups excluding tert-OH is 4. The molecule has 0 aliphatic rings. The minimum absolute atomic E-state index is 0.184. The van der Waals surface area contributed by atoms with Crippen LogP contribution in [-0.4, -0.2) is 61.8 Å². The number of rotatable bonds is 6. The molecule has 0 bridgehead atoms. The van der Waals surface area contributed by atoms with E-state index in [0.29, 0.717) is 17.9 Å². The molecule has 0 saturated carbocycles. The molecule has 0 amide bonds. The second kappa shape index (κ2) is 8.90. The van der Waals surface area contributed by atoms with E-state index in [1.165, 1.54) is 0 Å². The van der Waals surface area contributed by atoms with Gasteiger partial charge in [0.15, 0.2) is 0 Å². The van der Waals surface area contributed by atoms with Gasteiger partial charge in [-0.05, 0) is 0 Å². The fourth-order valence-electron chi connectivity index (χ4n) is 0.672.